The minimum atomic E-state index is 0.849. The summed E-state index contributed by atoms with van der Waals surface area (Å²) in [5.41, 5.74) is 0. The van der Waals surface area contributed by atoms with Crippen LogP contribution in [0.2, 0.25) is 0 Å². The van der Waals surface area contributed by atoms with E-state index in [1.54, 1.807) is 12.8 Å². The van der Waals surface area contributed by atoms with E-state index in [-0.39, 0.29) is 0 Å². The Bertz CT molecular complexity index is 340. The average Bonchev–Trinajstić information content (AvgIpc) is 3.07. The third-order valence-corrected chi connectivity index (χ3v) is 7.60. The van der Waals surface area contributed by atoms with Crippen LogP contribution in [0.25, 0.3) is 0 Å². The topological polar surface area (TPSA) is 9.23 Å². The highest BCUT2D eigenvalue weighted by molar-refractivity contribution is 8.01. The number of hydrogen-bond donors (Lipinski definition) is 0. The van der Waals surface area contributed by atoms with Crippen molar-refractivity contribution in [3.8, 4) is 0 Å². The Balaban J connectivity index is 1.48. The van der Waals surface area contributed by atoms with Crippen molar-refractivity contribution in [2.24, 2.45) is 29.6 Å². The van der Waals surface area contributed by atoms with Gasteiger partial charge in [0.15, 0.2) is 0 Å². The van der Waals surface area contributed by atoms with Crippen LogP contribution in [0.3, 0.4) is 0 Å². The Labute approximate surface area is 108 Å². The van der Waals surface area contributed by atoms with E-state index in [4.69, 9.17) is 4.74 Å². The maximum Gasteiger partial charge on any atom is 0.0912 e. The zero-order valence-corrected chi connectivity index (χ0v) is 11.4. The van der Waals surface area contributed by atoms with E-state index in [0.29, 0.717) is 0 Å². The Kier molecular flexibility index (Phi) is 2.50. The summed E-state index contributed by atoms with van der Waals surface area (Å²) in [4.78, 5) is 0. The molecule has 2 saturated carbocycles. The lowest BCUT2D eigenvalue weighted by atomic mass is 9.68. The largest absolute Gasteiger partial charge is 0.501 e. The molecule has 0 N–H and O–H groups in total. The molecule has 4 rings (SSSR count). The lowest BCUT2D eigenvalue weighted by Gasteiger charge is -2.37. The quantitative estimate of drug-likeness (QED) is 0.706. The molecule has 0 amide bonds. The minimum absolute atomic E-state index is 0.849. The predicted octanol–water partition coefficient (Wildman–Crippen LogP) is 3.70. The van der Waals surface area contributed by atoms with Crippen molar-refractivity contribution >= 4 is 11.8 Å². The third-order valence-electron chi connectivity index (χ3n) is 5.73. The molecule has 0 aromatic carbocycles. The van der Waals surface area contributed by atoms with Crippen LogP contribution in [0, 0.1) is 29.6 Å². The standard InChI is InChI=1S/C15H22OS/c1-2-5-16-8-11-7-12-13-9-3-4-10(6-9)14(13)15(11)17-12/h2,5,9-15H,3-4,6-8H2,1H3/b5-2+. The number of allylic oxidation sites excluding steroid dienone is 1. The fourth-order valence-corrected chi connectivity index (χ4v) is 7.66. The summed E-state index contributed by atoms with van der Waals surface area (Å²) in [5.74, 6) is 5.25. The van der Waals surface area contributed by atoms with Gasteiger partial charge < -0.3 is 4.74 Å². The molecule has 2 aliphatic carbocycles. The molecular weight excluding hydrogens is 228 g/mol. The molecule has 2 saturated heterocycles. The summed E-state index contributed by atoms with van der Waals surface area (Å²) >= 11 is 2.33. The number of thioether (sulfide) groups is 1. The molecule has 2 heterocycles. The van der Waals surface area contributed by atoms with Crippen LogP contribution in [0.1, 0.15) is 32.6 Å². The number of ether oxygens (including phenoxy) is 1. The van der Waals surface area contributed by atoms with Crippen LogP contribution < -0.4 is 0 Å². The molecular formula is C15H22OS. The summed E-state index contributed by atoms with van der Waals surface area (Å²) in [5, 5.41) is 1.95. The van der Waals surface area contributed by atoms with Crippen molar-refractivity contribution in [3.63, 3.8) is 0 Å². The van der Waals surface area contributed by atoms with Crippen molar-refractivity contribution in [2.75, 3.05) is 6.61 Å². The Morgan fingerprint density at radius 3 is 2.82 bits per heavy atom. The first kappa shape index (κ1) is 10.8. The second kappa shape index (κ2) is 3.94. The first-order chi connectivity index (χ1) is 8.38. The third kappa shape index (κ3) is 1.46. The van der Waals surface area contributed by atoms with Crippen LogP contribution in [0.15, 0.2) is 12.3 Å². The molecule has 2 aliphatic heterocycles. The molecule has 1 nitrogen and oxygen atoms in total. The van der Waals surface area contributed by atoms with E-state index in [2.05, 4.69) is 11.8 Å². The number of rotatable bonds is 3. The van der Waals surface area contributed by atoms with Gasteiger partial charge >= 0.3 is 0 Å². The van der Waals surface area contributed by atoms with Gasteiger partial charge in [0.05, 0.1) is 12.9 Å². The van der Waals surface area contributed by atoms with E-state index in [1.807, 2.05) is 19.3 Å². The van der Waals surface area contributed by atoms with Gasteiger partial charge in [0.25, 0.3) is 0 Å². The molecule has 2 heteroatoms. The first-order valence-corrected chi connectivity index (χ1v) is 8.21. The summed E-state index contributed by atoms with van der Waals surface area (Å²) in [6.07, 6.45) is 9.98. The molecule has 4 bridgehead atoms. The van der Waals surface area contributed by atoms with Gasteiger partial charge in [-0.3, -0.25) is 0 Å². The smallest absolute Gasteiger partial charge is 0.0912 e. The van der Waals surface area contributed by atoms with Gasteiger partial charge in [0, 0.05) is 16.4 Å². The average molecular weight is 250 g/mol. The van der Waals surface area contributed by atoms with Crippen LogP contribution in [-0.2, 0) is 4.74 Å². The van der Waals surface area contributed by atoms with Gasteiger partial charge in [0.1, 0.15) is 0 Å². The van der Waals surface area contributed by atoms with Gasteiger partial charge in [-0.1, -0.05) is 6.08 Å². The molecule has 94 valence electrons. The normalized spacial score (nSPS) is 54.8. The zero-order chi connectivity index (χ0) is 11.4. The van der Waals surface area contributed by atoms with Crippen LogP contribution in [0.4, 0.5) is 0 Å². The van der Waals surface area contributed by atoms with Gasteiger partial charge in [-0.05, 0) is 56.3 Å². The highest BCUT2D eigenvalue weighted by Gasteiger charge is 2.62. The Hall–Kier alpha value is -0.110. The molecule has 0 aromatic heterocycles. The summed E-state index contributed by atoms with van der Waals surface area (Å²) in [7, 11) is 0. The predicted molar refractivity (Wildman–Crippen MR) is 71.9 cm³/mol. The summed E-state index contributed by atoms with van der Waals surface area (Å²) in [6, 6.07) is 0. The van der Waals surface area contributed by atoms with Gasteiger partial charge in [-0.2, -0.15) is 11.8 Å². The Morgan fingerprint density at radius 2 is 2.00 bits per heavy atom. The second-order valence-corrected chi connectivity index (χ2v) is 7.85. The zero-order valence-electron chi connectivity index (χ0n) is 10.5. The van der Waals surface area contributed by atoms with Crippen LogP contribution in [0.5, 0.6) is 0 Å². The summed E-state index contributed by atoms with van der Waals surface area (Å²) in [6.45, 7) is 3.00. The lowest BCUT2D eigenvalue weighted by molar-refractivity contribution is 0.109. The molecule has 0 spiro atoms. The van der Waals surface area contributed by atoms with Gasteiger partial charge in [-0.25, -0.2) is 0 Å². The molecule has 7 atom stereocenters. The van der Waals surface area contributed by atoms with Crippen molar-refractivity contribution in [3.05, 3.63) is 12.3 Å². The minimum Gasteiger partial charge on any atom is -0.501 e. The molecule has 0 aromatic rings. The van der Waals surface area contributed by atoms with E-state index < -0.39 is 0 Å². The van der Waals surface area contributed by atoms with Crippen molar-refractivity contribution < 1.29 is 4.74 Å². The fourth-order valence-electron chi connectivity index (χ4n) is 5.31. The monoisotopic (exact) mass is 250 g/mol. The van der Waals surface area contributed by atoms with E-state index in [1.165, 1.54) is 12.8 Å². The first-order valence-electron chi connectivity index (χ1n) is 7.26. The highest BCUT2D eigenvalue weighted by Crippen LogP contribution is 2.68. The van der Waals surface area contributed by atoms with Crippen LogP contribution in [-0.4, -0.2) is 17.1 Å². The molecule has 4 fully saturated rings. The molecule has 0 radical (unpaired) electrons. The van der Waals surface area contributed by atoms with Crippen LogP contribution >= 0.6 is 11.8 Å². The van der Waals surface area contributed by atoms with E-state index in [0.717, 1.165) is 46.7 Å². The van der Waals surface area contributed by atoms with Crippen molar-refractivity contribution in [1.82, 2.24) is 0 Å². The van der Waals surface area contributed by atoms with Gasteiger partial charge in [-0.15, -0.1) is 0 Å². The summed E-state index contributed by atoms with van der Waals surface area (Å²) < 4.78 is 5.65. The second-order valence-electron chi connectivity index (χ2n) is 6.43. The maximum atomic E-state index is 5.65. The lowest BCUT2D eigenvalue weighted by Crippen LogP contribution is -2.38. The van der Waals surface area contributed by atoms with Crippen molar-refractivity contribution in [2.45, 2.75) is 43.1 Å². The SMILES string of the molecule is C/C=C/OCC1CC2SC1C1C3CCC(C3)C21. The van der Waals surface area contributed by atoms with E-state index in [9.17, 15) is 0 Å². The molecule has 7 unspecified atom stereocenters. The van der Waals surface area contributed by atoms with Crippen molar-refractivity contribution in [1.29, 1.82) is 0 Å². The van der Waals surface area contributed by atoms with E-state index >= 15 is 0 Å². The Morgan fingerprint density at radius 1 is 1.18 bits per heavy atom. The fraction of sp³-hybridized carbons (Fsp3) is 0.867. The molecule has 17 heavy (non-hydrogen) atoms. The highest BCUT2D eigenvalue weighted by atomic mass is 32.2. The maximum absolute atomic E-state index is 5.65. The number of hydrogen-bond acceptors (Lipinski definition) is 2. The molecule has 4 aliphatic rings. The number of fused-ring (bicyclic) bond motifs is 9. The van der Waals surface area contributed by atoms with Gasteiger partial charge in [0.2, 0.25) is 0 Å².